The number of amides is 1. The summed E-state index contributed by atoms with van der Waals surface area (Å²) in [6, 6.07) is 15.1. The van der Waals surface area contributed by atoms with E-state index in [0.29, 0.717) is 22.5 Å². The van der Waals surface area contributed by atoms with E-state index >= 15 is 0 Å². The molecule has 1 aliphatic carbocycles. The average molecular weight is 421 g/mol. The van der Waals surface area contributed by atoms with Gasteiger partial charge < -0.3 is 14.5 Å². The molecule has 31 heavy (non-hydrogen) atoms. The first-order valence-corrected chi connectivity index (χ1v) is 9.89. The fourth-order valence-electron chi connectivity index (χ4n) is 3.05. The number of hydrogen-bond acceptors (Lipinski definition) is 5. The maximum absolute atomic E-state index is 13.3. The van der Waals surface area contributed by atoms with Crippen LogP contribution in [-0.2, 0) is 9.53 Å². The smallest absolute Gasteiger partial charge is 0.375 e. The summed E-state index contributed by atoms with van der Waals surface area (Å²) in [5, 5.41) is 2.80. The lowest BCUT2D eigenvalue weighted by Crippen LogP contribution is -2.33. The van der Waals surface area contributed by atoms with Gasteiger partial charge in [-0.1, -0.05) is 36.4 Å². The van der Waals surface area contributed by atoms with E-state index in [1.807, 2.05) is 0 Å². The van der Waals surface area contributed by atoms with Crippen molar-refractivity contribution in [3.8, 4) is 11.3 Å². The number of hydrogen-bond donors (Lipinski definition) is 1. The molecule has 1 N–H and O–H groups in total. The third kappa shape index (κ3) is 4.88. The fraction of sp³-hybridized carbons (Fsp3) is 0.208. The maximum atomic E-state index is 13.3. The standard InChI is InChI=1S/C24H20FNO5/c1-14(27)15-2-4-16(5-3-15)20-12-13-21(30-20)24(29)31-22(23(28)26-19-10-11-19)17-6-8-18(25)9-7-17/h2-9,12-13,19,22H,10-11H2,1H3,(H,26,28). The van der Waals surface area contributed by atoms with Crippen molar-refractivity contribution in [3.63, 3.8) is 0 Å². The van der Waals surface area contributed by atoms with E-state index in [1.165, 1.54) is 37.3 Å². The van der Waals surface area contributed by atoms with E-state index in [2.05, 4.69) is 5.32 Å². The number of Topliss-reactive ketones (excluding diaryl/α,β-unsaturated/α-hetero) is 1. The monoisotopic (exact) mass is 421 g/mol. The summed E-state index contributed by atoms with van der Waals surface area (Å²) in [4.78, 5) is 36.7. The van der Waals surface area contributed by atoms with Crippen LogP contribution in [0.15, 0.2) is 65.1 Å². The lowest BCUT2D eigenvalue weighted by atomic mass is 10.1. The molecule has 0 radical (unpaired) electrons. The third-order valence-corrected chi connectivity index (χ3v) is 4.94. The van der Waals surface area contributed by atoms with Crippen molar-refractivity contribution < 1.29 is 27.9 Å². The van der Waals surface area contributed by atoms with Crippen LogP contribution in [0.1, 0.15) is 52.3 Å². The molecule has 2 aromatic carbocycles. The van der Waals surface area contributed by atoms with Gasteiger partial charge in [0.05, 0.1) is 0 Å². The number of ether oxygens (including phenoxy) is 1. The Hall–Kier alpha value is -3.74. The van der Waals surface area contributed by atoms with Gasteiger partial charge in [0, 0.05) is 22.7 Å². The van der Waals surface area contributed by atoms with E-state index in [1.54, 1.807) is 30.3 Å². The molecule has 1 aromatic heterocycles. The third-order valence-electron chi connectivity index (χ3n) is 4.94. The molecule has 1 heterocycles. The van der Waals surface area contributed by atoms with Gasteiger partial charge in [-0.05, 0) is 44.0 Å². The summed E-state index contributed by atoms with van der Waals surface area (Å²) in [5.41, 5.74) is 1.61. The number of carbonyl (C=O) groups excluding carboxylic acids is 3. The molecule has 1 saturated carbocycles. The first-order chi connectivity index (χ1) is 14.9. The number of esters is 1. The van der Waals surface area contributed by atoms with Crippen molar-refractivity contribution in [2.45, 2.75) is 31.9 Å². The first kappa shape index (κ1) is 20.5. The zero-order chi connectivity index (χ0) is 22.0. The topological polar surface area (TPSA) is 85.6 Å². The van der Waals surface area contributed by atoms with Crippen LogP contribution >= 0.6 is 0 Å². The number of halogens is 1. The molecule has 6 nitrogen and oxygen atoms in total. The van der Waals surface area contributed by atoms with Crippen LogP contribution in [-0.4, -0.2) is 23.7 Å². The summed E-state index contributed by atoms with van der Waals surface area (Å²) in [5.74, 6) is -1.44. The highest BCUT2D eigenvalue weighted by molar-refractivity contribution is 5.94. The number of carbonyl (C=O) groups is 3. The Kier molecular flexibility index (Phi) is 5.66. The number of furan rings is 1. The summed E-state index contributed by atoms with van der Waals surface area (Å²) in [6.07, 6.45) is 0.525. The van der Waals surface area contributed by atoms with Crippen LogP contribution < -0.4 is 5.32 Å². The summed E-state index contributed by atoms with van der Waals surface area (Å²) in [7, 11) is 0. The highest BCUT2D eigenvalue weighted by Crippen LogP contribution is 2.27. The Morgan fingerprint density at radius 2 is 1.68 bits per heavy atom. The minimum Gasteiger partial charge on any atom is -0.449 e. The molecule has 1 unspecified atom stereocenters. The summed E-state index contributed by atoms with van der Waals surface area (Å²) >= 11 is 0. The van der Waals surface area contributed by atoms with Crippen LogP contribution in [0.4, 0.5) is 4.39 Å². The predicted molar refractivity (Wildman–Crippen MR) is 110 cm³/mol. The normalized spacial score (nSPS) is 14.0. The van der Waals surface area contributed by atoms with Gasteiger partial charge in [0.2, 0.25) is 11.9 Å². The van der Waals surface area contributed by atoms with E-state index < -0.39 is 23.8 Å². The van der Waals surface area contributed by atoms with Gasteiger partial charge in [0.25, 0.3) is 5.91 Å². The number of ketones is 1. The first-order valence-electron chi connectivity index (χ1n) is 9.89. The van der Waals surface area contributed by atoms with Crippen LogP contribution in [0.3, 0.4) is 0 Å². The van der Waals surface area contributed by atoms with Gasteiger partial charge in [0.1, 0.15) is 11.6 Å². The molecular weight excluding hydrogens is 401 g/mol. The second-order valence-corrected chi connectivity index (χ2v) is 7.42. The second-order valence-electron chi connectivity index (χ2n) is 7.42. The molecule has 0 bridgehead atoms. The minimum absolute atomic E-state index is 0.0495. The van der Waals surface area contributed by atoms with Crippen LogP contribution in [0, 0.1) is 5.82 Å². The Morgan fingerprint density at radius 3 is 2.29 bits per heavy atom. The molecule has 0 spiro atoms. The van der Waals surface area contributed by atoms with Gasteiger partial charge in [-0.2, -0.15) is 0 Å². The van der Waals surface area contributed by atoms with E-state index in [-0.39, 0.29) is 17.6 Å². The van der Waals surface area contributed by atoms with Crippen LogP contribution in [0.2, 0.25) is 0 Å². The van der Waals surface area contributed by atoms with Gasteiger partial charge in [-0.15, -0.1) is 0 Å². The van der Waals surface area contributed by atoms with Crippen molar-refractivity contribution in [3.05, 3.63) is 83.4 Å². The molecule has 1 amide bonds. The van der Waals surface area contributed by atoms with Crippen LogP contribution in [0.25, 0.3) is 11.3 Å². The highest BCUT2D eigenvalue weighted by atomic mass is 19.1. The summed E-state index contributed by atoms with van der Waals surface area (Å²) in [6.45, 7) is 1.48. The molecule has 158 valence electrons. The number of benzene rings is 2. The fourth-order valence-corrected chi connectivity index (χ4v) is 3.05. The molecule has 3 aromatic rings. The Balaban J connectivity index is 1.52. The van der Waals surface area contributed by atoms with Crippen LogP contribution in [0.5, 0.6) is 0 Å². The Morgan fingerprint density at radius 1 is 1.00 bits per heavy atom. The molecule has 0 saturated heterocycles. The van der Waals surface area contributed by atoms with E-state index in [0.717, 1.165) is 12.8 Å². The zero-order valence-corrected chi connectivity index (χ0v) is 16.8. The van der Waals surface area contributed by atoms with Gasteiger partial charge in [0.15, 0.2) is 5.78 Å². The van der Waals surface area contributed by atoms with E-state index in [4.69, 9.17) is 9.15 Å². The lowest BCUT2D eigenvalue weighted by Gasteiger charge is -2.17. The molecular formula is C24H20FNO5. The maximum Gasteiger partial charge on any atom is 0.375 e. The minimum atomic E-state index is -1.22. The molecule has 1 aliphatic rings. The molecule has 1 fully saturated rings. The van der Waals surface area contributed by atoms with Gasteiger partial charge in [-0.3, -0.25) is 9.59 Å². The average Bonchev–Trinajstić information content (AvgIpc) is 3.43. The second kappa shape index (κ2) is 8.55. The van der Waals surface area contributed by atoms with Crippen molar-refractivity contribution in [1.82, 2.24) is 5.32 Å². The van der Waals surface area contributed by atoms with Crippen molar-refractivity contribution >= 4 is 17.7 Å². The zero-order valence-electron chi connectivity index (χ0n) is 16.8. The predicted octanol–water partition coefficient (Wildman–Crippen LogP) is 4.47. The SMILES string of the molecule is CC(=O)c1ccc(-c2ccc(C(=O)OC(C(=O)NC3CC3)c3ccc(F)cc3)o2)cc1. The molecule has 4 rings (SSSR count). The molecule has 0 aliphatic heterocycles. The Labute approximate surface area is 178 Å². The number of rotatable bonds is 7. The van der Waals surface area contributed by atoms with Crippen molar-refractivity contribution in [2.75, 3.05) is 0 Å². The van der Waals surface area contributed by atoms with Crippen molar-refractivity contribution in [1.29, 1.82) is 0 Å². The van der Waals surface area contributed by atoms with Gasteiger partial charge >= 0.3 is 5.97 Å². The van der Waals surface area contributed by atoms with Gasteiger partial charge in [-0.25, -0.2) is 9.18 Å². The van der Waals surface area contributed by atoms with Crippen molar-refractivity contribution in [2.24, 2.45) is 0 Å². The molecule has 7 heteroatoms. The largest absolute Gasteiger partial charge is 0.449 e. The Bertz CT molecular complexity index is 1110. The quantitative estimate of drug-likeness (QED) is 0.450. The highest BCUT2D eigenvalue weighted by Gasteiger charge is 2.31. The molecule has 1 atom stereocenters. The summed E-state index contributed by atoms with van der Waals surface area (Å²) < 4.78 is 24.3. The lowest BCUT2D eigenvalue weighted by molar-refractivity contribution is -0.130. The number of nitrogens with one attached hydrogen (secondary N) is 1. The van der Waals surface area contributed by atoms with E-state index in [9.17, 15) is 18.8 Å².